The Balaban J connectivity index is 0.909. The molecule has 1 N–H and O–H groups in total. The van der Waals surface area contributed by atoms with Crippen LogP contribution in [0.2, 0.25) is 0 Å². The van der Waals surface area contributed by atoms with E-state index < -0.39 is 16.3 Å². The number of nitrogens with one attached hydrogen (secondary N) is 1. The summed E-state index contributed by atoms with van der Waals surface area (Å²) in [5.74, 6) is 2.76. The highest BCUT2D eigenvalue weighted by Crippen LogP contribution is 2.66. The number of benzene rings is 2. The van der Waals surface area contributed by atoms with Crippen LogP contribution in [0.25, 0.3) is 4.25 Å². The van der Waals surface area contributed by atoms with Crippen LogP contribution in [0.3, 0.4) is 0 Å². The first-order valence-corrected chi connectivity index (χ1v) is 22.3. The molecule has 8 rings (SSSR count). The number of amides is 2. The molecule has 0 aromatic heterocycles. The summed E-state index contributed by atoms with van der Waals surface area (Å²) in [6, 6.07) is 21.9. The number of rotatable bonds is 5. The monoisotopic (exact) mass is 784 g/mol. The molecule has 5 fully saturated rings. The minimum Gasteiger partial charge on any atom is -0.445 e. The van der Waals surface area contributed by atoms with Crippen LogP contribution in [0.4, 0.5) is 9.59 Å². The topological polar surface area (TPSA) is 116 Å². The van der Waals surface area contributed by atoms with Gasteiger partial charge in [0.05, 0.1) is 27.9 Å². The number of carbonyl (C=O) groups is 2. The molecular formula is C45H58N3O7S+. The van der Waals surface area contributed by atoms with Crippen LogP contribution < -0.4 is 4.72 Å². The Morgan fingerprint density at radius 2 is 1.64 bits per heavy atom. The number of carbonyl (C=O) groups excluding carboxylic acids is 2. The van der Waals surface area contributed by atoms with Gasteiger partial charge in [-0.15, -0.1) is 13.1 Å². The molecule has 4 aliphatic carbocycles. The Morgan fingerprint density at radius 3 is 2.36 bits per heavy atom. The molecule has 300 valence electrons. The lowest BCUT2D eigenvalue weighted by atomic mass is 9.51. The van der Waals surface area contributed by atoms with E-state index in [1.54, 1.807) is 17.7 Å². The van der Waals surface area contributed by atoms with Crippen LogP contribution in [-0.2, 0) is 37.6 Å². The highest BCUT2D eigenvalue weighted by atomic mass is 32.2. The standard InChI is InChI=1S/C45H57N3O7S/c1-29-21-40-41(48(26-29)43(50)54-28-33-13-9-6-10-14-33)31(3)45(55-40)20-18-36-37-16-15-35-22-34(17-19-44(35,4)39(37)23-38(36)30(2)24-45)25-46-56(51,52)47-42(49)53-27-32-11-7-5-8-12-32/h5-14,29,31,34-37,39-41H,15-24,26-28H2,1-4H3/p+1/t29-,31+,34?,35+,36-,37-,39-,40+,41-,44-,45-/m0/s1. The fraction of sp³-hybridized carbons (Fsp3) is 0.622. The number of fused-ring (bicyclic) bond motifs is 6. The number of nitrogens with zero attached hydrogens (tertiary/aromatic N) is 2. The number of hydrogen-bond acceptors (Lipinski definition) is 7. The third-order valence-corrected chi connectivity index (χ3v) is 15.7. The molecule has 6 aliphatic rings. The molecule has 11 atom stereocenters. The fourth-order valence-corrected chi connectivity index (χ4v) is 12.8. The predicted molar refractivity (Wildman–Crippen MR) is 213 cm³/mol. The van der Waals surface area contributed by atoms with E-state index in [4.69, 9.17) is 14.2 Å². The van der Waals surface area contributed by atoms with Gasteiger partial charge in [-0.1, -0.05) is 92.6 Å². The van der Waals surface area contributed by atoms with Gasteiger partial charge in [-0.05, 0) is 117 Å². The van der Waals surface area contributed by atoms with Gasteiger partial charge in [-0.3, -0.25) is 0 Å². The molecule has 2 amide bonds. The molecule has 1 spiro atoms. The predicted octanol–water partition coefficient (Wildman–Crippen LogP) is 9.28. The zero-order valence-electron chi connectivity index (χ0n) is 33.3. The number of allylic oxidation sites excluding steroid dienone is 1. The SMILES string of the molecule is CC1=C2C[C@H]3[C@@H](CC[C@@H]4CC(C#[N+]S(=O)(=O)NC(=O)OCc5ccccc5)CC[C@@]43C)[C@@H]2CC[C@@]2(C1)O[C@@H]1C[C@H](C)CN(C(=O)OCc3ccccc3)[C@H]1[C@H]2C. The van der Waals surface area contributed by atoms with E-state index in [0.29, 0.717) is 36.1 Å². The van der Waals surface area contributed by atoms with Crippen LogP contribution in [0, 0.1) is 52.9 Å². The zero-order valence-corrected chi connectivity index (χ0v) is 34.1. The van der Waals surface area contributed by atoms with Crippen molar-refractivity contribution in [3.8, 4) is 6.07 Å². The maximum absolute atomic E-state index is 13.7. The first kappa shape index (κ1) is 39.0. The van der Waals surface area contributed by atoms with Crippen molar-refractivity contribution in [3.05, 3.63) is 87.2 Å². The van der Waals surface area contributed by atoms with Crippen LogP contribution in [0.15, 0.2) is 71.8 Å². The van der Waals surface area contributed by atoms with E-state index in [1.165, 1.54) is 12.0 Å². The molecule has 2 aromatic carbocycles. The molecule has 2 aromatic rings. The van der Waals surface area contributed by atoms with Gasteiger partial charge in [0.15, 0.2) is 0 Å². The zero-order chi connectivity index (χ0) is 39.2. The largest absolute Gasteiger partial charge is 0.589 e. The molecule has 2 saturated heterocycles. The minimum atomic E-state index is -4.26. The van der Waals surface area contributed by atoms with E-state index in [1.807, 2.05) is 58.2 Å². The van der Waals surface area contributed by atoms with Gasteiger partial charge in [0.2, 0.25) is 0 Å². The molecule has 11 heteroatoms. The maximum atomic E-state index is 13.7. The first-order chi connectivity index (χ1) is 26.8. The summed E-state index contributed by atoms with van der Waals surface area (Å²) in [6.07, 6.45) is 8.89. The van der Waals surface area contributed by atoms with Crippen molar-refractivity contribution in [2.75, 3.05) is 6.54 Å². The number of piperidine rings is 1. The Hall–Kier alpha value is -3.88. The van der Waals surface area contributed by atoms with E-state index >= 15 is 0 Å². The lowest BCUT2D eigenvalue weighted by Crippen LogP contribution is -2.54. The summed E-state index contributed by atoms with van der Waals surface area (Å²) in [6.45, 7) is 10.3. The second kappa shape index (κ2) is 15.5. The van der Waals surface area contributed by atoms with E-state index in [-0.39, 0.29) is 54.3 Å². The lowest BCUT2D eigenvalue weighted by Gasteiger charge is -2.53. The molecule has 3 saturated carbocycles. The van der Waals surface area contributed by atoms with Crippen LogP contribution >= 0.6 is 0 Å². The van der Waals surface area contributed by atoms with Crippen molar-refractivity contribution in [1.29, 1.82) is 0 Å². The van der Waals surface area contributed by atoms with E-state index in [2.05, 4.69) is 38.0 Å². The summed E-state index contributed by atoms with van der Waals surface area (Å²) < 4.78 is 49.1. The Bertz CT molecular complexity index is 2000. The number of ether oxygens (including phenoxy) is 3. The Kier molecular flexibility index (Phi) is 10.8. The average Bonchev–Trinajstić information content (AvgIpc) is 3.65. The molecule has 2 heterocycles. The van der Waals surface area contributed by atoms with E-state index in [9.17, 15) is 18.0 Å². The normalized spacial score (nSPS) is 36.2. The quantitative estimate of drug-likeness (QED) is 0.301. The van der Waals surface area contributed by atoms with Gasteiger partial charge < -0.3 is 19.1 Å². The molecular weight excluding hydrogens is 727 g/mol. The van der Waals surface area contributed by atoms with Gasteiger partial charge in [-0.25, -0.2) is 9.59 Å². The molecule has 10 nitrogen and oxygen atoms in total. The summed E-state index contributed by atoms with van der Waals surface area (Å²) in [5.41, 5.74) is 4.80. The van der Waals surface area contributed by atoms with Crippen molar-refractivity contribution in [1.82, 2.24) is 9.62 Å². The molecule has 0 bridgehead atoms. The molecule has 56 heavy (non-hydrogen) atoms. The molecule has 2 aliphatic heterocycles. The fourth-order valence-electron chi connectivity index (χ4n) is 12.2. The molecule has 0 radical (unpaired) electrons. The minimum absolute atomic E-state index is 0.0158. The number of likely N-dealkylation sites (tertiary alicyclic amines) is 1. The van der Waals surface area contributed by atoms with Crippen LogP contribution in [0.5, 0.6) is 0 Å². The van der Waals surface area contributed by atoms with E-state index in [0.717, 1.165) is 68.9 Å². The second-order valence-corrected chi connectivity index (χ2v) is 19.6. The summed E-state index contributed by atoms with van der Waals surface area (Å²) in [7, 11) is -4.26. The Morgan fingerprint density at radius 1 is 0.946 bits per heavy atom. The highest BCUT2D eigenvalue weighted by Gasteiger charge is 2.61. The number of hydrogen-bond donors (Lipinski definition) is 1. The van der Waals surface area contributed by atoms with Crippen molar-refractivity contribution in [2.45, 2.75) is 123 Å². The average molecular weight is 785 g/mol. The van der Waals surface area contributed by atoms with Crippen molar-refractivity contribution in [2.24, 2.45) is 46.8 Å². The maximum Gasteiger partial charge on any atom is 0.589 e. The highest BCUT2D eigenvalue weighted by molar-refractivity contribution is 7.92. The lowest BCUT2D eigenvalue weighted by molar-refractivity contribution is -0.0803. The summed E-state index contributed by atoms with van der Waals surface area (Å²) >= 11 is 0. The third-order valence-electron chi connectivity index (χ3n) is 15.0. The van der Waals surface area contributed by atoms with Crippen molar-refractivity contribution >= 4 is 22.4 Å². The smallest absolute Gasteiger partial charge is 0.445 e. The Labute approximate surface area is 332 Å². The van der Waals surface area contributed by atoms with Gasteiger partial charge >= 0.3 is 28.5 Å². The van der Waals surface area contributed by atoms with Gasteiger partial charge in [0.25, 0.3) is 0 Å². The van der Waals surface area contributed by atoms with Crippen molar-refractivity contribution in [3.63, 3.8) is 0 Å². The van der Waals surface area contributed by atoms with Crippen molar-refractivity contribution < 1.29 is 32.2 Å². The molecule has 1 unspecified atom stereocenters. The summed E-state index contributed by atoms with van der Waals surface area (Å²) in [4.78, 5) is 27.9. The summed E-state index contributed by atoms with van der Waals surface area (Å²) in [5, 5.41) is 0. The van der Waals surface area contributed by atoms with Gasteiger partial charge in [-0.2, -0.15) is 0 Å². The van der Waals surface area contributed by atoms with Gasteiger partial charge in [0, 0.05) is 12.5 Å². The van der Waals surface area contributed by atoms with Crippen LogP contribution in [0.1, 0.15) is 103 Å². The third kappa shape index (κ3) is 7.60. The van der Waals surface area contributed by atoms with Crippen LogP contribution in [-0.4, -0.2) is 49.8 Å². The second-order valence-electron chi connectivity index (χ2n) is 18.2. The van der Waals surface area contributed by atoms with Gasteiger partial charge in [0.1, 0.15) is 13.2 Å². The first-order valence-electron chi connectivity index (χ1n) is 20.9.